The van der Waals surface area contributed by atoms with Crippen molar-refractivity contribution >= 4 is 34.3 Å². The van der Waals surface area contributed by atoms with Gasteiger partial charge in [-0.2, -0.15) is 0 Å². The zero-order valence-corrected chi connectivity index (χ0v) is 19.8. The maximum Gasteiger partial charge on any atom is 0.319 e. The normalized spacial score (nSPS) is 18.7. The highest BCUT2D eigenvalue weighted by atomic mass is 16.5. The largest absolute Gasteiger partial charge is 0.494 e. The minimum Gasteiger partial charge on any atom is -0.494 e. The van der Waals surface area contributed by atoms with Gasteiger partial charge >= 0.3 is 6.03 Å². The van der Waals surface area contributed by atoms with Crippen molar-refractivity contribution in [3.8, 4) is 5.88 Å². The summed E-state index contributed by atoms with van der Waals surface area (Å²) in [5.74, 6) is -0.744. The van der Waals surface area contributed by atoms with Gasteiger partial charge in [0.15, 0.2) is 5.88 Å². The highest BCUT2D eigenvalue weighted by Crippen LogP contribution is 2.33. The van der Waals surface area contributed by atoms with Crippen LogP contribution in [0.1, 0.15) is 30.0 Å². The first-order valence-corrected chi connectivity index (χ1v) is 12.1. The Balaban J connectivity index is 1.17. The molecule has 2 aromatic carbocycles. The molecule has 1 aromatic heterocycles. The van der Waals surface area contributed by atoms with Crippen molar-refractivity contribution in [2.24, 2.45) is 0 Å². The number of carbonyl (C=O) groups is 3. The van der Waals surface area contributed by atoms with Crippen LogP contribution in [0, 0.1) is 0 Å². The fourth-order valence-electron chi connectivity index (χ4n) is 4.64. The molecule has 0 aliphatic carbocycles. The molecule has 10 nitrogen and oxygen atoms in total. The van der Waals surface area contributed by atoms with E-state index < -0.39 is 11.9 Å². The third-order valence-electron chi connectivity index (χ3n) is 6.60. The number of morpholine rings is 1. The maximum atomic E-state index is 12.4. The summed E-state index contributed by atoms with van der Waals surface area (Å²) in [7, 11) is 0. The van der Waals surface area contributed by atoms with E-state index in [0.717, 1.165) is 43.8 Å². The number of urea groups is 1. The second kappa shape index (κ2) is 10.4. The van der Waals surface area contributed by atoms with Crippen molar-refractivity contribution < 1.29 is 24.2 Å². The van der Waals surface area contributed by atoms with Crippen LogP contribution in [0.5, 0.6) is 5.88 Å². The summed E-state index contributed by atoms with van der Waals surface area (Å²) >= 11 is 0. The first-order chi connectivity index (χ1) is 17.5. The number of amides is 4. The number of imide groups is 1. The van der Waals surface area contributed by atoms with E-state index in [2.05, 4.69) is 20.9 Å². The minimum atomic E-state index is -0.636. The van der Waals surface area contributed by atoms with Gasteiger partial charge in [-0.15, -0.1) is 0 Å². The van der Waals surface area contributed by atoms with E-state index in [4.69, 9.17) is 4.74 Å². The van der Waals surface area contributed by atoms with E-state index in [-0.39, 0.29) is 24.2 Å². The molecule has 4 N–H and O–H groups in total. The van der Waals surface area contributed by atoms with Gasteiger partial charge in [-0.05, 0) is 41.8 Å². The van der Waals surface area contributed by atoms with Gasteiger partial charge in [0.25, 0.3) is 0 Å². The Bertz CT molecular complexity index is 1280. The summed E-state index contributed by atoms with van der Waals surface area (Å²) in [4.78, 5) is 38.4. The number of aromatic hydroxyl groups is 1. The van der Waals surface area contributed by atoms with Gasteiger partial charge in [-0.1, -0.05) is 18.2 Å². The van der Waals surface area contributed by atoms with E-state index in [1.54, 1.807) is 12.3 Å². The summed E-state index contributed by atoms with van der Waals surface area (Å²) in [5, 5.41) is 20.0. The molecule has 2 aliphatic rings. The molecule has 2 fully saturated rings. The predicted molar refractivity (Wildman–Crippen MR) is 133 cm³/mol. The Hall–Kier alpha value is -3.89. The second-order valence-corrected chi connectivity index (χ2v) is 9.14. The summed E-state index contributed by atoms with van der Waals surface area (Å²) < 4.78 is 6.88. The number of hydrogen-bond donors (Lipinski definition) is 4. The lowest BCUT2D eigenvalue weighted by Crippen LogP contribution is -2.41. The molecule has 36 heavy (non-hydrogen) atoms. The van der Waals surface area contributed by atoms with Crippen LogP contribution in [-0.2, 0) is 27.4 Å². The standard InChI is InChI=1S/C26H29N5O5/c32-23-8-7-22(24(33)29-23)31-16-19-13-18(3-6-21(19)25(31)34)14-27-26(35)28-20-4-1-17(2-5-20)15-30-9-11-36-12-10-30/h1-6,13,16,22,34H,7-12,14-15H2,(H2,27,28,35)(H,29,32,33). The first kappa shape index (κ1) is 23.8. The monoisotopic (exact) mass is 491 g/mol. The van der Waals surface area contributed by atoms with Crippen molar-refractivity contribution in [1.29, 1.82) is 0 Å². The number of benzene rings is 2. The van der Waals surface area contributed by atoms with Crippen LogP contribution in [0.3, 0.4) is 0 Å². The molecule has 2 saturated heterocycles. The smallest absolute Gasteiger partial charge is 0.319 e. The van der Waals surface area contributed by atoms with Gasteiger partial charge in [0.05, 0.1) is 13.2 Å². The molecule has 0 spiro atoms. The van der Waals surface area contributed by atoms with E-state index in [9.17, 15) is 19.5 Å². The third-order valence-corrected chi connectivity index (χ3v) is 6.60. The number of nitrogens with one attached hydrogen (secondary N) is 3. The molecule has 4 amide bonds. The Morgan fingerprint density at radius 2 is 1.83 bits per heavy atom. The van der Waals surface area contributed by atoms with Crippen LogP contribution < -0.4 is 16.0 Å². The third kappa shape index (κ3) is 5.34. The first-order valence-electron chi connectivity index (χ1n) is 12.1. The van der Waals surface area contributed by atoms with E-state index >= 15 is 0 Å². The molecule has 188 valence electrons. The highest BCUT2D eigenvalue weighted by Gasteiger charge is 2.30. The quantitative estimate of drug-likeness (QED) is 0.393. The number of hydrogen-bond acceptors (Lipinski definition) is 6. The fraction of sp³-hybridized carbons (Fsp3) is 0.346. The minimum absolute atomic E-state index is 0.0196. The SMILES string of the molecule is O=C1CCC(n2cc3cc(CNC(=O)Nc4ccc(CN5CCOCC5)cc4)ccc3c2O)C(=O)N1. The van der Waals surface area contributed by atoms with E-state index in [0.29, 0.717) is 24.0 Å². The van der Waals surface area contributed by atoms with Gasteiger partial charge in [-0.3, -0.25) is 19.8 Å². The maximum absolute atomic E-state index is 12.4. The van der Waals surface area contributed by atoms with E-state index in [1.807, 2.05) is 36.4 Å². The van der Waals surface area contributed by atoms with Crippen LogP contribution in [0.25, 0.3) is 10.8 Å². The fourth-order valence-corrected chi connectivity index (χ4v) is 4.64. The number of carbonyl (C=O) groups excluding carboxylic acids is 3. The molecule has 3 heterocycles. The predicted octanol–water partition coefficient (Wildman–Crippen LogP) is 2.48. The zero-order chi connectivity index (χ0) is 25.1. The summed E-state index contributed by atoms with van der Waals surface area (Å²) in [6, 6.07) is 12.3. The molecular weight excluding hydrogens is 462 g/mol. The lowest BCUT2D eigenvalue weighted by molar-refractivity contribution is -0.135. The summed E-state index contributed by atoms with van der Waals surface area (Å²) in [6.07, 6.45) is 2.26. The Morgan fingerprint density at radius 1 is 1.08 bits per heavy atom. The molecule has 0 bridgehead atoms. The number of piperidine rings is 1. The molecule has 1 unspecified atom stereocenters. The average Bonchev–Trinajstić information content (AvgIpc) is 3.20. The number of fused-ring (bicyclic) bond motifs is 1. The Labute approximate surface area is 208 Å². The number of aromatic nitrogens is 1. The summed E-state index contributed by atoms with van der Waals surface area (Å²) in [5.41, 5.74) is 2.74. The zero-order valence-electron chi connectivity index (χ0n) is 19.8. The van der Waals surface area contributed by atoms with E-state index in [1.165, 1.54) is 10.1 Å². The van der Waals surface area contributed by atoms with Gasteiger partial charge in [-0.25, -0.2) is 4.79 Å². The van der Waals surface area contributed by atoms with Gasteiger partial charge < -0.3 is 25.0 Å². The highest BCUT2D eigenvalue weighted by molar-refractivity contribution is 6.00. The molecule has 3 aromatic rings. The van der Waals surface area contributed by atoms with Crippen LogP contribution in [0.4, 0.5) is 10.5 Å². The van der Waals surface area contributed by atoms with Crippen molar-refractivity contribution in [3.05, 3.63) is 59.8 Å². The molecule has 1 atom stereocenters. The average molecular weight is 492 g/mol. The van der Waals surface area contributed by atoms with Gasteiger partial charge in [0.1, 0.15) is 6.04 Å². The van der Waals surface area contributed by atoms with Crippen LogP contribution in [0.15, 0.2) is 48.7 Å². The lowest BCUT2D eigenvalue weighted by atomic mass is 10.1. The number of nitrogens with zero attached hydrogens (tertiary/aromatic N) is 2. The number of ether oxygens (including phenoxy) is 1. The lowest BCUT2D eigenvalue weighted by Gasteiger charge is -2.26. The second-order valence-electron chi connectivity index (χ2n) is 9.14. The Kier molecular flexibility index (Phi) is 6.88. The van der Waals surface area contributed by atoms with Crippen molar-refractivity contribution in [2.45, 2.75) is 32.0 Å². The van der Waals surface area contributed by atoms with Crippen LogP contribution >= 0.6 is 0 Å². The van der Waals surface area contributed by atoms with Crippen molar-refractivity contribution in [3.63, 3.8) is 0 Å². The molecular formula is C26H29N5O5. The van der Waals surface area contributed by atoms with Gasteiger partial charge in [0, 0.05) is 55.3 Å². The molecule has 5 rings (SSSR count). The topological polar surface area (TPSA) is 125 Å². The molecule has 2 aliphatic heterocycles. The molecule has 10 heteroatoms. The van der Waals surface area contributed by atoms with Crippen LogP contribution in [0.2, 0.25) is 0 Å². The Morgan fingerprint density at radius 3 is 2.58 bits per heavy atom. The number of rotatable bonds is 6. The number of anilines is 1. The summed E-state index contributed by atoms with van der Waals surface area (Å²) in [6.45, 7) is 4.53. The molecule has 0 saturated carbocycles. The molecule has 0 radical (unpaired) electrons. The van der Waals surface area contributed by atoms with Gasteiger partial charge in [0.2, 0.25) is 11.8 Å². The van der Waals surface area contributed by atoms with Crippen molar-refractivity contribution in [2.75, 3.05) is 31.6 Å². The van der Waals surface area contributed by atoms with Crippen molar-refractivity contribution in [1.82, 2.24) is 20.1 Å². The van der Waals surface area contributed by atoms with Crippen LogP contribution in [-0.4, -0.2) is 58.7 Å².